The summed E-state index contributed by atoms with van der Waals surface area (Å²) in [7, 11) is 3.54. The molecule has 25 heavy (non-hydrogen) atoms. The number of nitrogens with one attached hydrogen (secondary N) is 2. The predicted molar refractivity (Wildman–Crippen MR) is 114 cm³/mol. The Morgan fingerprint density at radius 2 is 1.92 bits per heavy atom. The Bertz CT molecular complexity index is 356. The fourth-order valence-corrected chi connectivity index (χ4v) is 2.70. The molecular weight excluding hydrogens is 433 g/mol. The van der Waals surface area contributed by atoms with Crippen molar-refractivity contribution in [1.82, 2.24) is 10.6 Å². The topological polar surface area (TPSA) is 64.1 Å². The molecule has 1 saturated heterocycles. The molecular formula is C18H38IN3O3. The van der Waals surface area contributed by atoms with Crippen LogP contribution < -0.4 is 10.6 Å². The molecule has 150 valence electrons. The van der Waals surface area contributed by atoms with Gasteiger partial charge in [-0.25, -0.2) is 0 Å². The zero-order valence-corrected chi connectivity index (χ0v) is 18.9. The molecule has 0 amide bonds. The van der Waals surface area contributed by atoms with Gasteiger partial charge in [0.05, 0.1) is 6.10 Å². The smallest absolute Gasteiger partial charge is 0.191 e. The van der Waals surface area contributed by atoms with Crippen LogP contribution in [0.25, 0.3) is 0 Å². The summed E-state index contributed by atoms with van der Waals surface area (Å²) < 4.78 is 16.7. The van der Waals surface area contributed by atoms with E-state index in [1.165, 1.54) is 0 Å². The van der Waals surface area contributed by atoms with Crippen molar-refractivity contribution in [3.05, 3.63) is 0 Å². The lowest BCUT2D eigenvalue weighted by atomic mass is 9.89. The Morgan fingerprint density at radius 1 is 1.24 bits per heavy atom. The van der Waals surface area contributed by atoms with Crippen LogP contribution in [-0.2, 0) is 14.2 Å². The first-order valence-electron chi connectivity index (χ1n) is 9.10. The number of methoxy groups -OCH3 is 1. The highest BCUT2D eigenvalue weighted by molar-refractivity contribution is 14.0. The minimum atomic E-state index is 0. The summed E-state index contributed by atoms with van der Waals surface area (Å²) in [5.41, 5.74) is 0.0958. The summed E-state index contributed by atoms with van der Waals surface area (Å²) in [5, 5.41) is 6.65. The van der Waals surface area contributed by atoms with Crippen molar-refractivity contribution >= 4 is 29.9 Å². The average molecular weight is 471 g/mol. The zero-order chi connectivity index (χ0) is 17.8. The molecule has 1 rings (SSSR count). The van der Waals surface area contributed by atoms with Crippen LogP contribution >= 0.6 is 24.0 Å². The molecule has 7 heteroatoms. The van der Waals surface area contributed by atoms with E-state index in [0.29, 0.717) is 5.92 Å². The van der Waals surface area contributed by atoms with Gasteiger partial charge >= 0.3 is 0 Å². The Kier molecular flexibility index (Phi) is 13.9. The first-order chi connectivity index (χ1) is 11.5. The molecule has 0 spiro atoms. The van der Waals surface area contributed by atoms with Crippen molar-refractivity contribution in [2.75, 3.05) is 53.7 Å². The third-order valence-corrected chi connectivity index (χ3v) is 4.38. The molecule has 1 unspecified atom stereocenters. The highest BCUT2D eigenvalue weighted by Gasteiger charge is 2.24. The van der Waals surface area contributed by atoms with Crippen molar-refractivity contribution in [3.8, 4) is 0 Å². The van der Waals surface area contributed by atoms with E-state index in [1.54, 1.807) is 14.2 Å². The van der Waals surface area contributed by atoms with Crippen LogP contribution in [0.15, 0.2) is 4.99 Å². The predicted octanol–water partition coefficient (Wildman–Crippen LogP) is 2.66. The van der Waals surface area contributed by atoms with Gasteiger partial charge in [-0.3, -0.25) is 4.99 Å². The van der Waals surface area contributed by atoms with Crippen molar-refractivity contribution in [3.63, 3.8) is 0 Å². The number of hydrogen-bond acceptors (Lipinski definition) is 4. The molecule has 0 aliphatic carbocycles. The lowest BCUT2D eigenvalue weighted by Crippen LogP contribution is -2.45. The van der Waals surface area contributed by atoms with E-state index in [0.717, 1.165) is 64.7 Å². The fourth-order valence-electron chi connectivity index (χ4n) is 2.70. The van der Waals surface area contributed by atoms with Gasteiger partial charge in [-0.15, -0.1) is 24.0 Å². The van der Waals surface area contributed by atoms with Gasteiger partial charge in [0.2, 0.25) is 0 Å². The van der Waals surface area contributed by atoms with Crippen molar-refractivity contribution < 1.29 is 14.2 Å². The van der Waals surface area contributed by atoms with Crippen LogP contribution in [-0.4, -0.2) is 65.7 Å². The molecule has 1 fully saturated rings. The third-order valence-electron chi connectivity index (χ3n) is 4.38. The minimum absolute atomic E-state index is 0. The van der Waals surface area contributed by atoms with Crippen LogP contribution in [0.2, 0.25) is 0 Å². The van der Waals surface area contributed by atoms with Crippen LogP contribution in [0.1, 0.15) is 40.0 Å². The van der Waals surface area contributed by atoms with E-state index in [9.17, 15) is 0 Å². The lowest BCUT2D eigenvalue weighted by Gasteiger charge is -2.30. The van der Waals surface area contributed by atoms with Gasteiger partial charge in [-0.2, -0.15) is 0 Å². The number of aliphatic imine (C=N–C) groups is 1. The summed E-state index contributed by atoms with van der Waals surface area (Å²) in [6, 6.07) is 0. The molecule has 1 aliphatic heterocycles. The summed E-state index contributed by atoms with van der Waals surface area (Å²) in [4.78, 5) is 4.25. The Morgan fingerprint density at radius 3 is 2.48 bits per heavy atom. The molecule has 0 aromatic rings. The molecule has 6 nitrogen and oxygen atoms in total. The molecule has 0 saturated carbocycles. The quantitative estimate of drug-likeness (QED) is 0.234. The summed E-state index contributed by atoms with van der Waals surface area (Å²) in [6.45, 7) is 11.5. The molecule has 0 aromatic heterocycles. The van der Waals surface area contributed by atoms with Crippen LogP contribution in [0, 0.1) is 11.3 Å². The standard InChI is InChI=1S/C18H37N3O3.HI/c1-18(2,3)16(22-5)13-21-17(19-4)20-9-6-10-24-14-15-7-11-23-12-8-15;/h15-16H,6-14H2,1-5H3,(H2,19,20,21);1H. The zero-order valence-electron chi connectivity index (χ0n) is 16.6. The van der Waals surface area contributed by atoms with Gasteiger partial charge in [0.15, 0.2) is 5.96 Å². The number of nitrogens with zero attached hydrogens (tertiary/aromatic N) is 1. The second-order valence-electron chi connectivity index (χ2n) is 7.45. The summed E-state index contributed by atoms with van der Waals surface area (Å²) >= 11 is 0. The van der Waals surface area contributed by atoms with Crippen molar-refractivity contribution in [2.24, 2.45) is 16.3 Å². The van der Waals surface area contributed by atoms with Gasteiger partial charge in [0, 0.05) is 53.7 Å². The largest absolute Gasteiger partial charge is 0.381 e. The van der Waals surface area contributed by atoms with Gasteiger partial charge in [0.1, 0.15) is 0 Å². The van der Waals surface area contributed by atoms with Gasteiger partial charge in [0.25, 0.3) is 0 Å². The number of ether oxygens (including phenoxy) is 3. The van der Waals surface area contributed by atoms with E-state index >= 15 is 0 Å². The highest BCUT2D eigenvalue weighted by Crippen LogP contribution is 2.20. The monoisotopic (exact) mass is 471 g/mol. The van der Waals surface area contributed by atoms with E-state index in [2.05, 4.69) is 36.4 Å². The minimum Gasteiger partial charge on any atom is -0.381 e. The van der Waals surface area contributed by atoms with E-state index in [4.69, 9.17) is 14.2 Å². The maximum atomic E-state index is 5.77. The van der Waals surface area contributed by atoms with Gasteiger partial charge in [-0.05, 0) is 30.6 Å². The normalized spacial score (nSPS) is 17.7. The number of rotatable bonds is 9. The maximum Gasteiger partial charge on any atom is 0.191 e. The highest BCUT2D eigenvalue weighted by atomic mass is 127. The SMILES string of the molecule is CN=C(NCCCOCC1CCOCC1)NCC(OC)C(C)(C)C.I. The number of halogens is 1. The van der Waals surface area contributed by atoms with Gasteiger partial charge in [-0.1, -0.05) is 20.8 Å². The van der Waals surface area contributed by atoms with Gasteiger partial charge < -0.3 is 24.8 Å². The molecule has 0 aromatic carbocycles. The maximum absolute atomic E-state index is 5.77. The summed E-state index contributed by atoms with van der Waals surface area (Å²) in [5.74, 6) is 1.48. The number of guanidine groups is 1. The molecule has 2 N–H and O–H groups in total. The fraction of sp³-hybridized carbons (Fsp3) is 0.944. The van der Waals surface area contributed by atoms with Crippen LogP contribution in [0.5, 0.6) is 0 Å². The molecule has 1 aliphatic rings. The molecule has 1 atom stereocenters. The van der Waals surface area contributed by atoms with Crippen molar-refractivity contribution in [2.45, 2.75) is 46.1 Å². The summed E-state index contributed by atoms with van der Waals surface area (Å²) in [6.07, 6.45) is 3.36. The van der Waals surface area contributed by atoms with E-state index in [1.807, 2.05) is 0 Å². The Balaban J connectivity index is 0.00000576. The van der Waals surface area contributed by atoms with Crippen LogP contribution in [0.3, 0.4) is 0 Å². The Hall–Kier alpha value is -0.120. The van der Waals surface area contributed by atoms with E-state index in [-0.39, 0.29) is 35.5 Å². The third kappa shape index (κ3) is 11.2. The lowest BCUT2D eigenvalue weighted by molar-refractivity contribution is 0.0199. The molecule has 0 bridgehead atoms. The Labute approximate surface area is 170 Å². The van der Waals surface area contributed by atoms with Crippen molar-refractivity contribution in [1.29, 1.82) is 0 Å². The first-order valence-corrected chi connectivity index (χ1v) is 9.10. The second-order valence-corrected chi connectivity index (χ2v) is 7.45. The van der Waals surface area contributed by atoms with Crippen LogP contribution in [0.4, 0.5) is 0 Å². The molecule has 1 heterocycles. The van der Waals surface area contributed by atoms with E-state index < -0.39 is 0 Å². The molecule has 0 radical (unpaired) electrons. The average Bonchev–Trinajstić information content (AvgIpc) is 2.56. The second kappa shape index (κ2) is 14.0. The first kappa shape index (κ1) is 24.9. The number of hydrogen-bond donors (Lipinski definition) is 2.